The summed E-state index contributed by atoms with van der Waals surface area (Å²) in [5, 5.41) is 18.8. The number of carbonyl (C=O) groups is 1. The van der Waals surface area contributed by atoms with Crippen molar-refractivity contribution < 1.29 is 9.72 Å². The zero-order valence-corrected chi connectivity index (χ0v) is 10.2. The quantitative estimate of drug-likeness (QED) is 0.505. The molecule has 1 rings (SSSR count). The largest absolute Gasteiger partial charge is 0.373 e. The smallest absolute Gasteiger partial charge is 0.311 e. The highest BCUT2D eigenvalue weighted by Crippen LogP contribution is 2.23. The van der Waals surface area contributed by atoms with Crippen LogP contribution in [0.1, 0.15) is 6.42 Å². The van der Waals surface area contributed by atoms with Crippen LogP contribution in [0, 0.1) is 10.1 Å². The Kier molecular flexibility index (Phi) is 4.85. The van der Waals surface area contributed by atoms with Crippen molar-refractivity contribution in [1.82, 2.24) is 10.3 Å². The number of nitrogens with zero attached hydrogens (tertiary/aromatic N) is 2. The van der Waals surface area contributed by atoms with Crippen LogP contribution in [-0.4, -0.2) is 36.5 Å². The lowest BCUT2D eigenvalue weighted by molar-refractivity contribution is -0.384. The minimum absolute atomic E-state index is 0.120. The molecule has 0 saturated carbocycles. The third-order valence-corrected chi connectivity index (χ3v) is 2.25. The number of nitrogens with one attached hydrogen (secondary N) is 3. The molecule has 1 aromatic heterocycles. The molecule has 0 atom stereocenters. The fourth-order valence-electron chi connectivity index (χ4n) is 1.29. The summed E-state index contributed by atoms with van der Waals surface area (Å²) in [6, 6.07) is 2.88. The maximum atomic E-state index is 11.0. The Balaban J connectivity index is 2.78. The van der Waals surface area contributed by atoms with Crippen LogP contribution < -0.4 is 16.0 Å². The summed E-state index contributed by atoms with van der Waals surface area (Å²) in [7, 11) is 3.20. The van der Waals surface area contributed by atoms with Crippen molar-refractivity contribution >= 4 is 23.2 Å². The van der Waals surface area contributed by atoms with Crippen LogP contribution in [0.2, 0.25) is 0 Å². The number of hydrogen-bond donors (Lipinski definition) is 3. The molecule has 1 aromatic rings. The van der Waals surface area contributed by atoms with Gasteiger partial charge in [-0.15, -0.1) is 0 Å². The summed E-state index contributed by atoms with van der Waals surface area (Å²) >= 11 is 0. The van der Waals surface area contributed by atoms with Crippen molar-refractivity contribution in [2.45, 2.75) is 6.42 Å². The third-order valence-electron chi connectivity index (χ3n) is 2.25. The first-order chi connectivity index (χ1) is 8.58. The number of amides is 1. The Morgan fingerprint density at radius 2 is 2.17 bits per heavy atom. The third kappa shape index (κ3) is 3.58. The first-order valence-electron chi connectivity index (χ1n) is 5.36. The van der Waals surface area contributed by atoms with Crippen molar-refractivity contribution in [1.29, 1.82) is 0 Å². The maximum Gasteiger partial charge on any atom is 0.311 e. The summed E-state index contributed by atoms with van der Waals surface area (Å²) in [6.07, 6.45) is 0.221. The van der Waals surface area contributed by atoms with E-state index in [1.165, 1.54) is 19.2 Å². The number of anilines is 2. The highest BCUT2D eigenvalue weighted by molar-refractivity contribution is 5.76. The Bertz CT molecular complexity index is 449. The molecular formula is C10H15N5O3. The fraction of sp³-hybridized carbons (Fsp3) is 0.400. The van der Waals surface area contributed by atoms with E-state index in [0.29, 0.717) is 5.82 Å². The molecule has 3 N–H and O–H groups in total. The van der Waals surface area contributed by atoms with Gasteiger partial charge in [-0.05, 0) is 6.07 Å². The van der Waals surface area contributed by atoms with Crippen LogP contribution in [0.4, 0.5) is 17.3 Å². The zero-order chi connectivity index (χ0) is 13.5. The molecule has 0 aromatic carbocycles. The SMILES string of the molecule is CNC(=O)CCNc1nc(NC)ccc1[N+](=O)[O-]. The second kappa shape index (κ2) is 6.38. The molecule has 0 aliphatic carbocycles. The van der Waals surface area contributed by atoms with E-state index in [1.54, 1.807) is 7.05 Å². The summed E-state index contributed by atoms with van der Waals surface area (Å²) in [5.74, 6) is 0.522. The standard InChI is InChI=1S/C10H15N5O3/c1-11-8-4-3-7(15(17)18)10(14-8)13-6-5-9(16)12-2/h3-4H,5-6H2,1-2H3,(H,12,16)(H2,11,13,14). The molecule has 0 unspecified atom stereocenters. The van der Waals surface area contributed by atoms with Gasteiger partial charge in [0.15, 0.2) is 0 Å². The average molecular weight is 253 g/mol. The number of nitro groups is 1. The molecule has 8 heteroatoms. The minimum atomic E-state index is -0.519. The van der Waals surface area contributed by atoms with Crippen molar-refractivity contribution in [2.75, 3.05) is 31.3 Å². The predicted molar refractivity (Wildman–Crippen MR) is 67.6 cm³/mol. The molecule has 0 spiro atoms. The lowest BCUT2D eigenvalue weighted by Crippen LogP contribution is -2.21. The van der Waals surface area contributed by atoms with Crippen molar-refractivity contribution in [3.8, 4) is 0 Å². The van der Waals surface area contributed by atoms with Gasteiger partial charge in [0.2, 0.25) is 11.7 Å². The summed E-state index contributed by atoms with van der Waals surface area (Å²) in [5.41, 5.74) is -0.120. The Hall–Kier alpha value is -2.38. The maximum absolute atomic E-state index is 11.0. The number of carbonyl (C=O) groups excluding carboxylic acids is 1. The molecule has 0 fully saturated rings. The summed E-state index contributed by atoms with van der Waals surface area (Å²) < 4.78 is 0. The highest BCUT2D eigenvalue weighted by atomic mass is 16.6. The van der Waals surface area contributed by atoms with Crippen LogP contribution in [0.25, 0.3) is 0 Å². The number of hydrogen-bond acceptors (Lipinski definition) is 6. The van der Waals surface area contributed by atoms with Crippen molar-refractivity contribution in [2.24, 2.45) is 0 Å². The number of pyridine rings is 1. The highest BCUT2D eigenvalue weighted by Gasteiger charge is 2.15. The lowest BCUT2D eigenvalue weighted by Gasteiger charge is -2.07. The van der Waals surface area contributed by atoms with Crippen LogP contribution >= 0.6 is 0 Å². The van der Waals surface area contributed by atoms with Crippen LogP contribution in [-0.2, 0) is 4.79 Å². The molecule has 0 saturated heterocycles. The topological polar surface area (TPSA) is 109 Å². The zero-order valence-electron chi connectivity index (χ0n) is 10.2. The molecule has 0 radical (unpaired) electrons. The summed E-state index contributed by atoms with van der Waals surface area (Å²) in [4.78, 5) is 25.3. The van der Waals surface area contributed by atoms with E-state index in [4.69, 9.17) is 0 Å². The second-order valence-electron chi connectivity index (χ2n) is 3.42. The minimum Gasteiger partial charge on any atom is -0.373 e. The summed E-state index contributed by atoms with van der Waals surface area (Å²) in [6.45, 7) is 0.278. The monoisotopic (exact) mass is 253 g/mol. The van der Waals surface area contributed by atoms with Crippen LogP contribution in [0.5, 0.6) is 0 Å². The fourth-order valence-corrected chi connectivity index (χ4v) is 1.29. The first kappa shape index (κ1) is 13.7. The van der Waals surface area contributed by atoms with Gasteiger partial charge in [-0.3, -0.25) is 14.9 Å². The molecule has 0 aliphatic heterocycles. The van der Waals surface area contributed by atoms with Gasteiger partial charge in [-0.1, -0.05) is 0 Å². The average Bonchev–Trinajstić information content (AvgIpc) is 2.37. The Morgan fingerprint density at radius 3 is 2.72 bits per heavy atom. The van der Waals surface area contributed by atoms with E-state index in [-0.39, 0.29) is 30.4 Å². The van der Waals surface area contributed by atoms with Gasteiger partial charge in [-0.25, -0.2) is 4.98 Å². The molecular weight excluding hydrogens is 238 g/mol. The van der Waals surface area contributed by atoms with Gasteiger partial charge in [-0.2, -0.15) is 0 Å². The molecule has 18 heavy (non-hydrogen) atoms. The van der Waals surface area contributed by atoms with Gasteiger partial charge in [0.1, 0.15) is 5.82 Å². The van der Waals surface area contributed by atoms with Gasteiger partial charge in [0.25, 0.3) is 0 Å². The molecule has 0 bridgehead atoms. The van der Waals surface area contributed by atoms with Crippen LogP contribution in [0.3, 0.4) is 0 Å². The number of rotatable bonds is 6. The van der Waals surface area contributed by atoms with E-state index in [1.807, 2.05) is 0 Å². The van der Waals surface area contributed by atoms with Gasteiger partial charge < -0.3 is 16.0 Å². The van der Waals surface area contributed by atoms with Crippen LogP contribution in [0.15, 0.2) is 12.1 Å². The molecule has 1 amide bonds. The molecule has 1 heterocycles. The molecule has 8 nitrogen and oxygen atoms in total. The van der Waals surface area contributed by atoms with E-state index in [9.17, 15) is 14.9 Å². The van der Waals surface area contributed by atoms with E-state index < -0.39 is 4.92 Å². The Labute approximate surface area is 104 Å². The van der Waals surface area contributed by atoms with Crippen molar-refractivity contribution in [3.63, 3.8) is 0 Å². The normalized spacial score (nSPS) is 9.67. The van der Waals surface area contributed by atoms with Gasteiger partial charge >= 0.3 is 5.69 Å². The van der Waals surface area contributed by atoms with E-state index in [2.05, 4.69) is 20.9 Å². The molecule has 0 aliphatic rings. The second-order valence-corrected chi connectivity index (χ2v) is 3.42. The first-order valence-corrected chi connectivity index (χ1v) is 5.36. The van der Waals surface area contributed by atoms with E-state index in [0.717, 1.165) is 0 Å². The van der Waals surface area contributed by atoms with Gasteiger partial charge in [0, 0.05) is 33.1 Å². The predicted octanol–water partition coefficient (Wildman–Crippen LogP) is 0.579. The number of aromatic nitrogens is 1. The Morgan fingerprint density at radius 1 is 1.44 bits per heavy atom. The van der Waals surface area contributed by atoms with E-state index >= 15 is 0 Å². The van der Waals surface area contributed by atoms with Crippen molar-refractivity contribution in [3.05, 3.63) is 22.2 Å². The van der Waals surface area contributed by atoms with Gasteiger partial charge in [0.05, 0.1) is 4.92 Å². The molecule has 98 valence electrons. The lowest BCUT2D eigenvalue weighted by atomic mass is 10.3.